The molecule has 6 N–H and O–H groups in total. The Labute approximate surface area is 129 Å². The zero-order valence-electron chi connectivity index (χ0n) is 11.6. The second-order valence-corrected chi connectivity index (χ2v) is 5.36. The van der Waals surface area contributed by atoms with Crippen molar-refractivity contribution in [2.24, 2.45) is 0 Å². The molecule has 23 heavy (non-hydrogen) atoms. The van der Waals surface area contributed by atoms with E-state index >= 15 is 0 Å². The van der Waals surface area contributed by atoms with Crippen LogP contribution in [0, 0.1) is 0 Å². The number of carbonyl (C=O) groups is 1. The van der Waals surface area contributed by atoms with Crippen molar-refractivity contribution in [3.05, 3.63) is 41.2 Å². The molecule has 0 saturated heterocycles. The number of rotatable bonds is 1. The van der Waals surface area contributed by atoms with Gasteiger partial charge in [-0.15, -0.1) is 0 Å². The molecule has 1 aliphatic heterocycles. The molecule has 0 spiro atoms. The van der Waals surface area contributed by atoms with Crippen molar-refractivity contribution in [3.63, 3.8) is 0 Å². The molecule has 0 saturated carbocycles. The van der Waals surface area contributed by atoms with Crippen molar-refractivity contribution < 1.29 is 40.2 Å². The summed E-state index contributed by atoms with van der Waals surface area (Å²) in [6.45, 7) is 0. The first-order chi connectivity index (χ1) is 10.8. The standard InChI is InChI=1S/C15H14O8/c16-6-3-7(17)11-10(4-6)23-15(14(22)13(11)21)5-1-8(18)12(20)9(19)2-5/h1-4,8,12,14-20,22H. The lowest BCUT2D eigenvalue weighted by atomic mass is 9.89. The molecule has 122 valence electrons. The number of benzene rings is 1. The number of hydrogen-bond acceptors (Lipinski definition) is 8. The fourth-order valence-electron chi connectivity index (χ4n) is 2.61. The van der Waals surface area contributed by atoms with Gasteiger partial charge in [-0.3, -0.25) is 4.79 Å². The van der Waals surface area contributed by atoms with E-state index in [0.717, 1.165) is 24.3 Å². The van der Waals surface area contributed by atoms with Crippen LogP contribution in [0.5, 0.6) is 17.2 Å². The summed E-state index contributed by atoms with van der Waals surface area (Å²) in [6.07, 6.45) is -3.70. The number of Topliss-reactive ketones (excluding diaryl/α,β-unsaturated/α-hetero) is 1. The van der Waals surface area contributed by atoms with E-state index in [0.29, 0.717) is 0 Å². The average molecular weight is 322 g/mol. The van der Waals surface area contributed by atoms with Gasteiger partial charge in [-0.25, -0.2) is 0 Å². The van der Waals surface area contributed by atoms with E-state index in [1.807, 2.05) is 0 Å². The Morgan fingerprint density at radius 3 is 2.35 bits per heavy atom. The van der Waals surface area contributed by atoms with E-state index in [2.05, 4.69) is 0 Å². The highest BCUT2D eigenvalue weighted by atomic mass is 16.5. The summed E-state index contributed by atoms with van der Waals surface area (Å²) in [7, 11) is 0. The van der Waals surface area contributed by atoms with Gasteiger partial charge >= 0.3 is 0 Å². The van der Waals surface area contributed by atoms with Gasteiger partial charge in [0.1, 0.15) is 40.8 Å². The number of aliphatic hydroxyl groups is 4. The number of fused-ring (bicyclic) bond motifs is 1. The fraction of sp³-hybridized carbons (Fsp3) is 0.267. The molecule has 1 aromatic carbocycles. The van der Waals surface area contributed by atoms with Crippen LogP contribution in [0.15, 0.2) is 35.6 Å². The fourth-order valence-corrected chi connectivity index (χ4v) is 2.61. The Kier molecular flexibility index (Phi) is 3.52. The number of ether oxygens (including phenoxy) is 1. The molecule has 2 aliphatic rings. The van der Waals surface area contributed by atoms with Crippen molar-refractivity contribution in [2.75, 3.05) is 0 Å². The van der Waals surface area contributed by atoms with E-state index in [9.17, 15) is 35.4 Å². The molecule has 0 fully saturated rings. The van der Waals surface area contributed by atoms with Gasteiger partial charge in [0.2, 0.25) is 5.78 Å². The molecule has 4 atom stereocenters. The summed E-state index contributed by atoms with van der Waals surface area (Å²) in [6, 6.07) is 2.04. The highest BCUT2D eigenvalue weighted by Crippen LogP contribution is 2.39. The Morgan fingerprint density at radius 1 is 1.00 bits per heavy atom. The molecule has 8 heteroatoms. The van der Waals surface area contributed by atoms with E-state index in [-0.39, 0.29) is 22.6 Å². The number of aliphatic hydroxyl groups excluding tert-OH is 4. The van der Waals surface area contributed by atoms with Gasteiger partial charge in [-0.2, -0.15) is 0 Å². The van der Waals surface area contributed by atoms with Crippen LogP contribution < -0.4 is 4.74 Å². The minimum Gasteiger partial charge on any atom is -0.509 e. The molecule has 0 amide bonds. The first-order valence-corrected chi connectivity index (χ1v) is 6.73. The highest BCUT2D eigenvalue weighted by Gasteiger charge is 2.41. The number of ketones is 1. The monoisotopic (exact) mass is 322 g/mol. The highest BCUT2D eigenvalue weighted by molar-refractivity contribution is 6.05. The largest absolute Gasteiger partial charge is 0.509 e. The second kappa shape index (κ2) is 5.27. The summed E-state index contributed by atoms with van der Waals surface area (Å²) in [5.74, 6) is -2.38. The third kappa shape index (κ3) is 2.42. The zero-order chi connectivity index (χ0) is 16.9. The van der Waals surface area contributed by atoms with Gasteiger partial charge in [0.15, 0.2) is 12.2 Å². The van der Waals surface area contributed by atoms with E-state index < -0.39 is 41.7 Å². The number of phenols is 2. The van der Waals surface area contributed by atoms with Crippen LogP contribution in [0.2, 0.25) is 0 Å². The van der Waals surface area contributed by atoms with Gasteiger partial charge in [0, 0.05) is 12.1 Å². The molecular weight excluding hydrogens is 308 g/mol. The molecule has 0 bridgehead atoms. The van der Waals surface area contributed by atoms with Crippen LogP contribution in [0.1, 0.15) is 10.4 Å². The summed E-state index contributed by atoms with van der Waals surface area (Å²) in [4.78, 5) is 12.2. The quantitative estimate of drug-likeness (QED) is 0.406. The minimum absolute atomic E-state index is 0.0784. The number of phenolic OH excluding ortho intramolecular Hbond substituents is 2. The SMILES string of the molecule is O=C1c2c(O)cc(O)cc2OC(C2=CC(O)C(O)C(O)=C2)C1O. The summed E-state index contributed by atoms with van der Waals surface area (Å²) in [5, 5.41) is 58.0. The summed E-state index contributed by atoms with van der Waals surface area (Å²) in [5.41, 5.74) is -0.189. The molecular formula is C15H14O8. The predicted octanol–water partition coefficient (Wildman–Crippen LogP) is -0.494. The average Bonchev–Trinajstić information content (AvgIpc) is 2.47. The Balaban J connectivity index is 2.03. The van der Waals surface area contributed by atoms with Crippen molar-refractivity contribution >= 4 is 5.78 Å². The van der Waals surface area contributed by atoms with Crippen LogP contribution in [0.4, 0.5) is 0 Å². The van der Waals surface area contributed by atoms with Crippen molar-refractivity contribution in [1.29, 1.82) is 0 Å². The maximum atomic E-state index is 12.2. The van der Waals surface area contributed by atoms with Crippen molar-refractivity contribution in [3.8, 4) is 17.2 Å². The molecule has 8 nitrogen and oxygen atoms in total. The first kappa shape index (κ1) is 15.3. The molecule has 1 aliphatic carbocycles. The van der Waals surface area contributed by atoms with Crippen LogP contribution in [-0.4, -0.2) is 60.8 Å². The van der Waals surface area contributed by atoms with E-state index in [1.54, 1.807) is 0 Å². The van der Waals surface area contributed by atoms with Gasteiger partial charge in [0.25, 0.3) is 0 Å². The van der Waals surface area contributed by atoms with Crippen LogP contribution in [0.3, 0.4) is 0 Å². The lowest BCUT2D eigenvalue weighted by Gasteiger charge is -2.32. The molecule has 3 rings (SSSR count). The summed E-state index contributed by atoms with van der Waals surface area (Å²) < 4.78 is 5.44. The third-order valence-corrected chi connectivity index (χ3v) is 3.75. The third-order valence-electron chi connectivity index (χ3n) is 3.75. The van der Waals surface area contributed by atoms with Gasteiger partial charge in [-0.05, 0) is 17.7 Å². The number of aromatic hydroxyl groups is 2. The Morgan fingerprint density at radius 2 is 1.70 bits per heavy atom. The first-order valence-electron chi connectivity index (χ1n) is 6.73. The molecule has 1 aromatic rings. The smallest absolute Gasteiger partial charge is 0.202 e. The van der Waals surface area contributed by atoms with Crippen LogP contribution in [0.25, 0.3) is 0 Å². The Hall–Kier alpha value is -2.55. The maximum Gasteiger partial charge on any atom is 0.202 e. The van der Waals surface area contributed by atoms with Gasteiger partial charge in [-0.1, -0.05) is 0 Å². The normalized spacial score (nSPS) is 30.1. The summed E-state index contributed by atoms with van der Waals surface area (Å²) >= 11 is 0. The Bertz CT molecular complexity index is 735. The zero-order valence-corrected chi connectivity index (χ0v) is 11.6. The van der Waals surface area contributed by atoms with Crippen molar-refractivity contribution in [1.82, 2.24) is 0 Å². The predicted molar refractivity (Wildman–Crippen MR) is 75.3 cm³/mol. The molecule has 1 heterocycles. The molecule has 0 radical (unpaired) electrons. The molecule has 4 unspecified atom stereocenters. The van der Waals surface area contributed by atoms with Crippen LogP contribution in [-0.2, 0) is 0 Å². The lowest BCUT2D eigenvalue weighted by molar-refractivity contribution is 0.0265. The lowest BCUT2D eigenvalue weighted by Crippen LogP contribution is -2.44. The minimum atomic E-state index is -1.70. The molecule has 0 aromatic heterocycles. The topological polar surface area (TPSA) is 148 Å². The maximum absolute atomic E-state index is 12.2. The van der Waals surface area contributed by atoms with Crippen molar-refractivity contribution in [2.45, 2.75) is 24.4 Å². The van der Waals surface area contributed by atoms with E-state index in [1.165, 1.54) is 0 Å². The van der Waals surface area contributed by atoms with Crippen LogP contribution >= 0.6 is 0 Å². The second-order valence-electron chi connectivity index (χ2n) is 5.36. The van der Waals surface area contributed by atoms with Gasteiger partial charge in [0.05, 0.1) is 0 Å². The number of carbonyl (C=O) groups excluding carboxylic acids is 1. The van der Waals surface area contributed by atoms with Gasteiger partial charge < -0.3 is 35.4 Å². The van der Waals surface area contributed by atoms with E-state index in [4.69, 9.17) is 4.74 Å². The number of hydrogen-bond donors (Lipinski definition) is 6.